The van der Waals surface area contributed by atoms with Gasteiger partial charge in [0.05, 0.1) is 6.33 Å². The Balaban J connectivity index is 1.05. The number of nitrogens with two attached hydrogens (primary N) is 1. The molecule has 4 atom stereocenters. The molecule has 4 N–H and O–H groups in total. The van der Waals surface area contributed by atoms with Crippen LogP contribution in [0.5, 0.6) is 0 Å². The van der Waals surface area contributed by atoms with E-state index < -0.39 is 12.0 Å². The highest BCUT2D eigenvalue weighted by atomic mass is 16.8. The van der Waals surface area contributed by atoms with Gasteiger partial charge in [-0.1, -0.05) is 39.3 Å². The number of carbonyl (C=O) groups is 1. The molecule has 2 amide bonds. The smallest absolute Gasteiger partial charge is 0.319 e. The SMILES string of the molecule is CN(CCCCCNC(=O)Nc1ccc(C(C)(C)C)cc1)C[C@H]1O[C@@H](n2cnc3c(N)ncnc32)[C@@H]2OC(C)(C)O[C@@H]21. The van der Waals surface area contributed by atoms with E-state index in [9.17, 15) is 4.79 Å². The van der Waals surface area contributed by atoms with Crippen molar-refractivity contribution in [3.63, 3.8) is 0 Å². The van der Waals surface area contributed by atoms with Crippen LogP contribution in [0.1, 0.15) is 65.7 Å². The molecule has 2 aromatic heterocycles. The van der Waals surface area contributed by atoms with Crippen molar-refractivity contribution in [2.24, 2.45) is 0 Å². The Morgan fingerprint density at radius 1 is 1.07 bits per heavy atom. The number of amides is 2. The summed E-state index contributed by atoms with van der Waals surface area (Å²) in [6.07, 6.45) is 4.85. The Kier molecular flexibility index (Phi) is 8.70. The lowest BCUT2D eigenvalue weighted by molar-refractivity contribution is -0.197. The van der Waals surface area contributed by atoms with Crippen molar-refractivity contribution in [1.82, 2.24) is 29.7 Å². The quantitative estimate of drug-likeness (QED) is 0.303. The van der Waals surface area contributed by atoms with Gasteiger partial charge < -0.3 is 35.5 Å². The van der Waals surface area contributed by atoms with Crippen molar-refractivity contribution in [2.75, 3.05) is 37.7 Å². The highest BCUT2D eigenvalue weighted by Gasteiger charge is 2.56. The molecule has 4 heterocycles. The normalized spacial score (nSPS) is 23.4. The second-order valence-corrected chi connectivity index (χ2v) is 12.7. The van der Waals surface area contributed by atoms with E-state index in [1.165, 1.54) is 11.9 Å². The molecule has 0 bridgehead atoms. The molecule has 12 nitrogen and oxygen atoms in total. The Hall–Kier alpha value is -3.32. The topological polar surface area (TPSA) is 142 Å². The maximum absolute atomic E-state index is 12.3. The predicted molar refractivity (Wildman–Crippen MR) is 161 cm³/mol. The van der Waals surface area contributed by atoms with Gasteiger partial charge in [-0.2, -0.15) is 0 Å². The number of ether oxygens (including phenoxy) is 3. The predicted octanol–water partition coefficient (Wildman–Crippen LogP) is 4.05. The number of nitrogen functional groups attached to an aromatic ring is 1. The molecule has 0 aliphatic carbocycles. The van der Waals surface area contributed by atoms with Gasteiger partial charge >= 0.3 is 6.03 Å². The van der Waals surface area contributed by atoms with E-state index in [-0.39, 0.29) is 29.8 Å². The van der Waals surface area contributed by atoms with Gasteiger partial charge in [-0.25, -0.2) is 19.7 Å². The number of benzene rings is 1. The fourth-order valence-corrected chi connectivity index (χ4v) is 5.60. The molecule has 1 aromatic carbocycles. The maximum Gasteiger partial charge on any atom is 0.319 e. The van der Waals surface area contributed by atoms with Gasteiger partial charge in [-0.15, -0.1) is 0 Å². The molecule has 5 rings (SSSR count). The van der Waals surface area contributed by atoms with Crippen molar-refractivity contribution < 1.29 is 19.0 Å². The first kappa shape index (κ1) is 30.1. The second kappa shape index (κ2) is 12.1. The lowest BCUT2D eigenvalue weighted by atomic mass is 9.87. The zero-order chi connectivity index (χ0) is 30.1. The Morgan fingerprint density at radius 2 is 1.81 bits per heavy atom. The summed E-state index contributed by atoms with van der Waals surface area (Å²) in [7, 11) is 2.09. The molecule has 0 spiro atoms. The number of anilines is 2. The number of aromatic nitrogens is 4. The van der Waals surface area contributed by atoms with Crippen LogP contribution >= 0.6 is 0 Å². The number of hydrogen-bond donors (Lipinski definition) is 3. The first-order valence-electron chi connectivity index (χ1n) is 14.7. The van der Waals surface area contributed by atoms with Crippen molar-refractivity contribution in [3.8, 4) is 0 Å². The second-order valence-electron chi connectivity index (χ2n) is 12.7. The first-order valence-corrected chi connectivity index (χ1v) is 14.7. The lowest BCUT2D eigenvalue weighted by Crippen LogP contribution is -2.38. The summed E-state index contributed by atoms with van der Waals surface area (Å²) in [5.41, 5.74) is 9.25. The molecular weight excluding hydrogens is 536 g/mol. The molecule has 0 saturated carbocycles. The van der Waals surface area contributed by atoms with Crippen LogP contribution in [0.4, 0.5) is 16.3 Å². The highest BCUT2D eigenvalue weighted by Crippen LogP contribution is 2.44. The van der Waals surface area contributed by atoms with E-state index in [1.807, 2.05) is 30.5 Å². The summed E-state index contributed by atoms with van der Waals surface area (Å²) in [5.74, 6) is -0.386. The van der Waals surface area contributed by atoms with Gasteiger partial charge in [0.25, 0.3) is 0 Å². The number of nitrogens with one attached hydrogen (secondary N) is 2. The van der Waals surface area contributed by atoms with Crippen LogP contribution in [0.3, 0.4) is 0 Å². The molecule has 12 heteroatoms. The summed E-state index contributed by atoms with van der Waals surface area (Å²) in [6, 6.07) is 7.82. The number of hydrogen-bond acceptors (Lipinski definition) is 9. The molecule has 228 valence electrons. The number of urea groups is 1. The Bertz CT molecular complexity index is 1370. The number of nitrogens with zero attached hydrogens (tertiary/aromatic N) is 5. The van der Waals surface area contributed by atoms with Crippen molar-refractivity contribution in [1.29, 1.82) is 0 Å². The molecule has 0 radical (unpaired) electrons. The zero-order valence-electron chi connectivity index (χ0n) is 25.5. The zero-order valence-corrected chi connectivity index (χ0v) is 25.5. The number of fused-ring (bicyclic) bond motifs is 2. The average Bonchev–Trinajstić information content (AvgIpc) is 3.58. The minimum Gasteiger partial charge on any atom is -0.382 e. The fourth-order valence-electron chi connectivity index (χ4n) is 5.60. The Labute approximate surface area is 247 Å². The largest absolute Gasteiger partial charge is 0.382 e. The van der Waals surface area contributed by atoms with Crippen molar-refractivity contribution in [2.45, 2.75) is 89.6 Å². The van der Waals surface area contributed by atoms with Crippen molar-refractivity contribution in [3.05, 3.63) is 42.5 Å². The van der Waals surface area contributed by atoms with E-state index in [1.54, 1.807) is 6.33 Å². The molecular formula is C30H44N8O4. The minimum atomic E-state index is -0.715. The summed E-state index contributed by atoms with van der Waals surface area (Å²) in [5, 5.41) is 5.86. The van der Waals surface area contributed by atoms with Gasteiger partial charge in [0.15, 0.2) is 23.5 Å². The van der Waals surface area contributed by atoms with Crippen LogP contribution in [0, 0.1) is 0 Å². The summed E-state index contributed by atoms with van der Waals surface area (Å²) < 4.78 is 20.9. The molecule has 3 aromatic rings. The van der Waals surface area contributed by atoms with E-state index in [2.05, 4.69) is 70.4 Å². The van der Waals surface area contributed by atoms with Gasteiger partial charge in [0.1, 0.15) is 30.2 Å². The third-order valence-electron chi connectivity index (χ3n) is 7.79. The number of likely N-dealkylation sites (N-methyl/N-ethyl adjacent to an activating group) is 1. The summed E-state index contributed by atoms with van der Waals surface area (Å²) >= 11 is 0. The average molecular weight is 581 g/mol. The summed E-state index contributed by atoms with van der Waals surface area (Å²) in [6.45, 7) is 12.6. The standard InChI is InChI=1S/C30H44N8O4/c1-29(2,3)19-10-12-20(13-11-19)36-28(39)32-14-8-7-9-15-37(6)16-21-23-24(42-30(4,5)41-23)27(40-21)38-18-35-22-25(31)33-17-34-26(22)38/h10-13,17-18,21,23-24,27H,7-9,14-16H2,1-6H3,(H2,31,33,34)(H2,32,36,39)/t21-,23-,24-,27-/m1/s1. The van der Waals surface area contributed by atoms with Crippen molar-refractivity contribution >= 4 is 28.7 Å². The number of carbonyl (C=O) groups excluding carboxylic acids is 1. The number of unbranched alkanes of at least 4 members (excludes halogenated alkanes) is 2. The monoisotopic (exact) mass is 580 g/mol. The number of imidazole rings is 1. The third kappa shape index (κ3) is 6.83. The van der Waals surface area contributed by atoms with Gasteiger partial charge in [0.2, 0.25) is 0 Å². The van der Waals surface area contributed by atoms with Crippen LogP contribution in [-0.2, 0) is 19.6 Å². The van der Waals surface area contributed by atoms with Gasteiger partial charge in [-0.3, -0.25) is 4.57 Å². The molecule has 0 unspecified atom stereocenters. The van der Waals surface area contributed by atoms with Crippen LogP contribution in [0.2, 0.25) is 0 Å². The first-order chi connectivity index (χ1) is 19.9. The van der Waals surface area contributed by atoms with E-state index in [0.717, 1.165) is 31.5 Å². The molecule has 2 fully saturated rings. The van der Waals surface area contributed by atoms with Crippen LogP contribution in [0.25, 0.3) is 11.2 Å². The van der Waals surface area contributed by atoms with Gasteiger partial charge in [-0.05, 0) is 63.4 Å². The van der Waals surface area contributed by atoms with E-state index in [0.29, 0.717) is 30.1 Å². The van der Waals surface area contributed by atoms with Gasteiger partial charge in [0, 0.05) is 18.8 Å². The molecule has 2 aliphatic rings. The van der Waals surface area contributed by atoms with Crippen LogP contribution in [0.15, 0.2) is 36.9 Å². The highest BCUT2D eigenvalue weighted by molar-refractivity contribution is 5.89. The van der Waals surface area contributed by atoms with E-state index >= 15 is 0 Å². The molecule has 42 heavy (non-hydrogen) atoms. The minimum absolute atomic E-state index is 0.0839. The third-order valence-corrected chi connectivity index (χ3v) is 7.79. The fraction of sp³-hybridized carbons (Fsp3) is 0.600. The Morgan fingerprint density at radius 3 is 2.55 bits per heavy atom. The number of rotatable bonds is 10. The van der Waals surface area contributed by atoms with Crippen LogP contribution < -0.4 is 16.4 Å². The molecule has 2 saturated heterocycles. The van der Waals surface area contributed by atoms with E-state index in [4.69, 9.17) is 19.9 Å². The lowest BCUT2D eigenvalue weighted by Gasteiger charge is -2.27. The maximum atomic E-state index is 12.3. The summed E-state index contributed by atoms with van der Waals surface area (Å²) in [4.78, 5) is 27.4. The van der Waals surface area contributed by atoms with Crippen LogP contribution in [-0.4, -0.2) is 81.2 Å². The molecule has 2 aliphatic heterocycles.